The van der Waals surface area contributed by atoms with Crippen LogP contribution in [0.15, 0.2) is 35.4 Å². The summed E-state index contributed by atoms with van der Waals surface area (Å²) in [6.45, 7) is -1.02. The van der Waals surface area contributed by atoms with Gasteiger partial charge < -0.3 is 4.74 Å². The number of sulfonamides is 1. The molecule has 25 heavy (non-hydrogen) atoms. The van der Waals surface area contributed by atoms with E-state index in [0.29, 0.717) is 17.7 Å². The van der Waals surface area contributed by atoms with Crippen LogP contribution in [0.3, 0.4) is 0 Å². The van der Waals surface area contributed by atoms with Gasteiger partial charge in [0.2, 0.25) is 10.0 Å². The lowest BCUT2D eigenvalue weighted by Gasteiger charge is -2.09. The van der Waals surface area contributed by atoms with Crippen molar-refractivity contribution in [2.75, 3.05) is 6.54 Å². The summed E-state index contributed by atoms with van der Waals surface area (Å²) in [5, 5.41) is 0.247. The Morgan fingerprint density at radius 3 is 2.52 bits per heavy atom. The molecule has 0 aliphatic carbocycles. The summed E-state index contributed by atoms with van der Waals surface area (Å²) in [5.41, 5.74) is 0.507. The third-order valence-electron chi connectivity index (χ3n) is 2.88. The lowest BCUT2D eigenvalue weighted by Crippen LogP contribution is -2.31. The number of benzene rings is 1. The predicted molar refractivity (Wildman–Crippen MR) is 80.5 cm³/mol. The van der Waals surface area contributed by atoms with E-state index >= 15 is 0 Å². The van der Waals surface area contributed by atoms with E-state index in [2.05, 4.69) is 4.98 Å². The number of hydrogen-bond acceptors (Lipinski definition) is 5. The molecule has 1 aromatic carbocycles. The second kappa shape index (κ2) is 7.81. The van der Waals surface area contributed by atoms with Crippen LogP contribution in [0.2, 0.25) is 5.15 Å². The molecule has 1 heterocycles. The van der Waals surface area contributed by atoms with Crippen LogP contribution < -0.4 is 4.72 Å². The minimum Gasteiger partial charge on any atom is -0.460 e. The summed E-state index contributed by atoms with van der Waals surface area (Å²) >= 11 is 5.59. The highest BCUT2D eigenvalue weighted by Crippen LogP contribution is 2.19. The van der Waals surface area contributed by atoms with Crippen molar-refractivity contribution in [3.8, 4) is 0 Å². The van der Waals surface area contributed by atoms with Gasteiger partial charge in [-0.3, -0.25) is 4.79 Å². The number of ether oxygens (including phenoxy) is 1. The molecule has 0 bridgehead atoms. The molecule has 0 spiro atoms. The first kappa shape index (κ1) is 19.2. The molecule has 11 heteroatoms. The van der Waals surface area contributed by atoms with E-state index < -0.39 is 44.9 Å². The highest BCUT2D eigenvalue weighted by molar-refractivity contribution is 7.89. The SMILES string of the molecule is O=C(CNS(=O)(=O)c1ccc(F)c(F)c1F)OCc1ccc(Cl)nc1. The summed E-state index contributed by atoms with van der Waals surface area (Å²) in [7, 11) is -4.58. The molecule has 0 fully saturated rings. The van der Waals surface area contributed by atoms with Gasteiger partial charge in [-0.05, 0) is 18.2 Å². The maximum atomic E-state index is 13.5. The molecule has 134 valence electrons. The first-order valence-electron chi connectivity index (χ1n) is 6.60. The molecular formula is C14H10ClF3N2O4S. The number of carbonyl (C=O) groups is 1. The Morgan fingerprint density at radius 1 is 1.16 bits per heavy atom. The van der Waals surface area contributed by atoms with Crippen LogP contribution in [0.4, 0.5) is 13.2 Å². The van der Waals surface area contributed by atoms with Crippen LogP contribution in [-0.2, 0) is 26.2 Å². The number of halogens is 4. The topological polar surface area (TPSA) is 85.4 Å². The molecule has 1 aromatic heterocycles. The Bertz CT molecular complexity index is 892. The fourth-order valence-corrected chi connectivity index (χ4v) is 2.80. The summed E-state index contributed by atoms with van der Waals surface area (Å²) in [4.78, 5) is 14.2. The normalized spacial score (nSPS) is 11.4. The molecule has 0 saturated heterocycles. The zero-order valence-electron chi connectivity index (χ0n) is 12.3. The van der Waals surface area contributed by atoms with E-state index in [1.165, 1.54) is 12.3 Å². The van der Waals surface area contributed by atoms with E-state index in [1.807, 2.05) is 0 Å². The van der Waals surface area contributed by atoms with Crippen molar-refractivity contribution in [1.82, 2.24) is 9.71 Å². The van der Waals surface area contributed by atoms with Crippen LogP contribution in [0, 0.1) is 17.5 Å². The number of hydrogen-bond donors (Lipinski definition) is 1. The van der Waals surface area contributed by atoms with Crippen LogP contribution in [0.1, 0.15) is 5.56 Å². The van der Waals surface area contributed by atoms with Crippen LogP contribution in [0.25, 0.3) is 0 Å². The fourth-order valence-electron chi connectivity index (χ4n) is 1.65. The molecule has 0 saturated carbocycles. The Balaban J connectivity index is 1.96. The maximum absolute atomic E-state index is 13.5. The molecule has 0 aliphatic heterocycles. The summed E-state index contributed by atoms with van der Waals surface area (Å²) in [6.07, 6.45) is 1.36. The smallest absolute Gasteiger partial charge is 0.321 e. The maximum Gasteiger partial charge on any atom is 0.321 e. The number of aromatic nitrogens is 1. The van der Waals surface area contributed by atoms with Crippen LogP contribution >= 0.6 is 11.6 Å². The largest absolute Gasteiger partial charge is 0.460 e. The van der Waals surface area contributed by atoms with Crippen molar-refractivity contribution in [3.63, 3.8) is 0 Å². The number of rotatable bonds is 6. The van der Waals surface area contributed by atoms with Crippen molar-refractivity contribution in [2.45, 2.75) is 11.5 Å². The van der Waals surface area contributed by atoms with Crippen molar-refractivity contribution >= 4 is 27.6 Å². The van der Waals surface area contributed by atoms with Crippen molar-refractivity contribution in [2.24, 2.45) is 0 Å². The quantitative estimate of drug-likeness (QED) is 0.461. The molecule has 0 atom stereocenters. The summed E-state index contributed by atoms with van der Waals surface area (Å²) in [5.74, 6) is -6.32. The van der Waals surface area contributed by atoms with Gasteiger partial charge in [0.05, 0.1) is 0 Å². The monoisotopic (exact) mass is 394 g/mol. The van der Waals surface area contributed by atoms with Crippen LogP contribution in [-0.4, -0.2) is 25.9 Å². The molecule has 0 aliphatic rings. The van der Waals surface area contributed by atoms with Gasteiger partial charge in [-0.2, -0.15) is 4.72 Å². The number of carbonyl (C=O) groups excluding carboxylic acids is 1. The average molecular weight is 395 g/mol. The standard InChI is InChI=1S/C14H10ClF3N2O4S/c15-11-4-1-8(5-19-11)7-24-12(21)6-20-25(22,23)10-3-2-9(16)13(17)14(10)18/h1-5,20H,6-7H2. The van der Waals surface area contributed by atoms with Crippen molar-refractivity contribution in [3.05, 3.63) is 58.6 Å². The number of nitrogens with one attached hydrogen (secondary N) is 1. The van der Waals surface area contributed by atoms with Gasteiger partial charge in [0.15, 0.2) is 17.5 Å². The zero-order chi connectivity index (χ0) is 18.6. The van der Waals surface area contributed by atoms with E-state index in [-0.39, 0.29) is 11.8 Å². The fraction of sp³-hybridized carbons (Fsp3) is 0.143. The van der Waals surface area contributed by atoms with Crippen LogP contribution in [0.5, 0.6) is 0 Å². The second-order valence-corrected chi connectivity index (χ2v) is 6.77. The minimum atomic E-state index is -4.58. The second-order valence-electron chi connectivity index (χ2n) is 4.65. The zero-order valence-corrected chi connectivity index (χ0v) is 13.9. The van der Waals surface area contributed by atoms with Gasteiger partial charge in [-0.1, -0.05) is 17.7 Å². The van der Waals surface area contributed by atoms with Gasteiger partial charge in [-0.15, -0.1) is 0 Å². The van der Waals surface area contributed by atoms with E-state index in [4.69, 9.17) is 16.3 Å². The van der Waals surface area contributed by atoms with Gasteiger partial charge in [-0.25, -0.2) is 26.6 Å². The Labute approximate surface area is 145 Å². The first-order valence-corrected chi connectivity index (χ1v) is 8.46. The van der Waals surface area contributed by atoms with E-state index in [9.17, 15) is 26.4 Å². The van der Waals surface area contributed by atoms with Gasteiger partial charge in [0, 0.05) is 11.8 Å². The van der Waals surface area contributed by atoms with Crippen molar-refractivity contribution in [1.29, 1.82) is 0 Å². The highest BCUT2D eigenvalue weighted by atomic mass is 35.5. The molecule has 6 nitrogen and oxygen atoms in total. The van der Waals surface area contributed by atoms with Gasteiger partial charge >= 0.3 is 5.97 Å². The van der Waals surface area contributed by atoms with Crippen molar-refractivity contribution < 1.29 is 31.1 Å². The lowest BCUT2D eigenvalue weighted by atomic mass is 10.3. The van der Waals surface area contributed by atoms with Gasteiger partial charge in [0.25, 0.3) is 0 Å². The number of esters is 1. The third kappa shape index (κ3) is 4.91. The molecule has 0 amide bonds. The lowest BCUT2D eigenvalue weighted by molar-refractivity contribution is -0.143. The summed E-state index contributed by atoms with van der Waals surface area (Å²) < 4.78 is 69.7. The third-order valence-corrected chi connectivity index (χ3v) is 4.53. The molecule has 2 aromatic rings. The average Bonchev–Trinajstić information content (AvgIpc) is 2.57. The number of nitrogens with zero attached hydrogens (tertiary/aromatic N) is 1. The van der Waals surface area contributed by atoms with E-state index in [0.717, 1.165) is 0 Å². The predicted octanol–water partition coefficient (Wildman–Crippen LogP) is 2.17. The Morgan fingerprint density at radius 2 is 1.88 bits per heavy atom. The summed E-state index contributed by atoms with van der Waals surface area (Å²) in [6, 6.07) is 4.02. The van der Waals surface area contributed by atoms with E-state index in [1.54, 1.807) is 10.8 Å². The van der Waals surface area contributed by atoms with Gasteiger partial charge in [0.1, 0.15) is 23.2 Å². The highest BCUT2D eigenvalue weighted by Gasteiger charge is 2.24. The first-order chi connectivity index (χ1) is 11.7. The Hall–Kier alpha value is -2.17. The minimum absolute atomic E-state index is 0.190. The molecule has 2 rings (SSSR count). The molecule has 0 radical (unpaired) electrons. The molecule has 0 unspecified atom stereocenters. The molecule has 1 N–H and O–H groups in total. The Kier molecular flexibility index (Phi) is 5.98. The molecular weight excluding hydrogens is 385 g/mol. The number of pyridine rings is 1.